The molecule has 2 aromatic carbocycles. The molecular weight excluding hydrogens is 388 g/mol. The number of carbonyl (C=O) groups excluding carboxylic acids is 4. The minimum absolute atomic E-state index is 0.155. The van der Waals surface area contributed by atoms with Gasteiger partial charge in [0, 0.05) is 25.1 Å². The highest BCUT2D eigenvalue weighted by molar-refractivity contribution is 6.06. The van der Waals surface area contributed by atoms with Gasteiger partial charge in [-0.2, -0.15) is 0 Å². The average Bonchev–Trinajstić information content (AvgIpc) is 2.64. The molecule has 0 bridgehead atoms. The lowest BCUT2D eigenvalue weighted by molar-refractivity contribution is -0.144. The fourth-order valence-corrected chi connectivity index (χ4v) is 2.72. The van der Waals surface area contributed by atoms with Crippen LogP contribution in [0.2, 0.25) is 0 Å². The number of hydrogen-bond donors (Lipinski definition) is 2. The van der Waals surface area contributed by atoms with Crippen LogP contribution in [0.4, 0.5) is 11.4 Å². The van der Waals surface area contributed by atoms with E-state index in [1.54, 1.807) is 6.07 Å². The molecule has 0 heterocycles. The Balaban J connectivity index is 1.99. The van der Waals surface area contributed by atoms with Gasteiger partial charge in [-0.25, -0.2) is 4.79 Å². The fraction of sp³-hybridized carbons (Fsp3) is 0.273. The summed E-state index contributed by atoms with van der Waals surface area (Å²) < 4.78 is 10.4. The van der Waals surface area contributed by atoms with E-state index in [-0.39, 0.29) is 29.7 Å². The molecule has 0 aliphatic carbocycles. The Labute approximate surface area is 174 Å². The molecule has 0 saturated carbocycles. The molecule has 2 rings (SSSR count). The maximum Gasteiger partial charge on any atom is 0.344 e. The number of rotatable bonds is 8. The minimum atomic E-state index is -0.695. The summed E-state index contributed by atoms with van der Waals surface area (Å²) in [4.78, 5) is 47.1. The van der Waals surface area contributed by atoms with Crippen LogP contribution in [-0.2, 0) is 19.1 Å². The smallest absolute Gasteiger partial charge is 0.344 e. The van der Waals surface area contributed by atoms with Crippen molar-refractivity contribution in [3.8, 4) is 5.75 Å². The Morgan fingerprint density at radius 3 is 2.20 bits per heavy atom. The summed E-state index contributed by atoms with van der Waals surface area (Å²) in [6.07, 6.45) is 0. The lowest BCUT2D eigenvalue weighted by Crippen LogP contribution is -2.21. The highest BCUT2D eigenvalue weighted by atomic mass is 16.6. The van der Waals surface area contributed by atoms with Crippen LogP contribution in [0.1, 0.15) is 35.3 Å². The van der Waals surface area contributed by atoms with Gasteiger partial charge in [0.15, 0.2) is 13.2 Å². The second kappa shape index (κ2) is 10.2. The Morgan fingerprint density at radius 1 is 0.867 bits per heavy atom. The standard InChI is InChI=1S/C22H24N2O6/c1-13-5-8-21(14(2)9-13)29-12-22(28)30-11-20(27)18-7-6-17(23-15(3)25)10-19(18)24-16(4)26/h5-10H,11-12H2,1-4H3,(H,23,25)(H,24,26). The lowest BCUT2D eigenvalue weighted by Gasteiger charge is -2.12. The Kier molecular flexibility index (Phi) is 7.69. The number of ether oxygens (including phenoxy) is 2. The van der Waals surface area contributed by atoms with E-state index in [9.17, 15) is 19.2 Å². The maximum absolute atomic E-state index is 12.5. The van der Waals surface area contributed by atoms with Gasteiger partial charge in [-0.15, -0.1) is 0 Å². The van der Waals surface area contributed by atoms with Crippen molar-refractivity contribution >= 4 is 34.9 Å². The number of Topliss-reactive ketones (excluding diaryl/α,β-unsaturated/α-hetero) is 1. The number of amides is 2. The molecule has 0 fully saturated rings. The maximum atomic E-state index is 12.5. The first kappa shape index (κ1) is 22.6. The Morgan fingerprint density at radius 2 is 1.57 bits per heavy atom. The van der Waals surface area contributed by atoms with Gasteiger partial charge in [0.1, 0.15) is 5.75 Å². The summed E-state index contributed by atoms with van der Waals surface area (Å²) in [5.41, 5.74) is 2.75. The van der Waals surface area contributed by atoms with E-state index < -0.39 is 18.4 Å². The molecule has 0 unspecified atom stereocenters. The molecule has 0 atom stereocenters. The van der Waals surface area contributed by atoms with Crippen LogP contribution in [0.25, 0.3) is 0 Å². The van der Waals surface area contributed by atoms with Crippen molar-refractivity contribution in [1.29, 1.82) is 0 Å². The van der Waals surface area contributed by atoms with Crippen molar-refractivity contribution in [2.45, 2.75) is 27.7 Å². The minimum Gasteiger partial charge on any atom is -0.482 e. The number of benzene rings is 2. The first-order chi connectivity index (χ1) is 14.2. The third kappa shape index (κ3) is 6.73. The summed E-state index contributed by atoms with van der Waals surface area (Å²) >= 11 is 0. The molecule has 0 radical (unpaired) electrons. The normalized spacial score (nSPS) is 10.1. The zero-order valence-corrected chi connectivity index (χ0v) is 17.3. The van der Waals surface area contributed by atoms with Gasteiger partial charge >= 0.3 is 5.97 Å². The van der Waals surface area contributed by atoms with Crippen LogP contribution in [0, 0.1) is 13.8 Å². The fourth-order valence-electron chi connectivity index (χ4n) is 2.72. The molecule has 0 aromatic heterocycles. The van der Waals surface area contributed by atoms with Crippen LogP contribution < -0.4 is 15.4 Å². The van der Waals surface area contributed by atoms with Crippen molar-refractivity contribution in [2.24, 2.45) is 0 Å². The molecule has 2 N–H and O–H groups in total. The van der Waals surface area contributed by atoms with E-state index in [0.717, 1.165) is 11.1 Å². The van der Waals surface area contributed by atoms with Gasteiger partial charge in [-0.05, 0) is 43.7 Å². The van der Waals surface area contributed by atoms with Crippen LogP contribution in [-0.4, -0.2) is 36.8 Å². The molecule has 30 heavy (non-hydrogen) atoms. The molecule has 0 aliphatic heterocycles. The molecule has 0 saturated heterocycles. The Hall–Kier alpha value is -3.68. The van der Waals surface area contributed by atoms with Crippen LogP contribution >= 0.6 is 0 Å². The second-order valence-corrected chi connectivity index (χ2v) is 6.76. The second-order valence-electron chi connectivity index (χ2n) is 6.76. The predicted molar refractivity (Wildman–Crippen MR) is 112 cm³/mol. The molecular formula is C22H24N2O6. The van der Waals surface area contributed by atoms with Gasteiger partial charge < -0.3 is 20.1 Å². The predicted octanol–water partition coefficient (Wildman–Crippen LogP) is 3.03. The molecule has 2 aromatic rings. The van der Waals surface area contributed by atoms with Crippen molar-refractivity contribution < 1.29 is 28.7 Å². The van der Waals surface area contributed by atoms with Crippen LogP contribution in [0.15, 0.2) is 36.4 Å². The number of hydrogen-bond acceptors (Lipinski definition) is 6. The molecule has 2 amide bonds. The largest absolute Gasteiger partial charge is 0.482 e. The van der Waals surface area contributed by atoms with Crippen molar-refractivity contribution in [2.75, 3.05) is 23.8 Å². The van der Waals surface area contributed by atoms with Gasteiger partial charge in [0.2, 0.25) is 17.6 Å². The van der Waals surface area contributed by atoms with E-state index in [1.807, 2.05) is 26.0 Å². The third-order valence-electron chi connectivity index (χ3n) is 3.99. The first-order valence-corrected chi connectivity index (χ1v) is 9.24. The highest BCUT2D eigenvalue weighted by Gasteiger charge is 2.16. The molecule has 0 aliphatic rings. The lowest BCUT2D eigenvalue weighted by atomic mass is 10.1. The van der Waals surface area contributed by atoms with Crippen molar-refractivity contribution in [3.63, 3.8) is 0 Å². The Bertz CT molecular complexity index is 984. The van der Waals surface area contributed by atoms with E-state index in [1.165, 1.54) is 32.0 Å². The van der Waals surface area contributed by atoms with Gasteiger partial charge in [0.05, 0.1) is 5.69 Å². The summed E-state index contributed by atoms with van der Waals surface area (Å²) in [5, 5.41) is 5.11. The average molecular weight is 412 g/mol. The zero-order valence-electron chi connectivity index (χ0n) is 17.3. The summed E-state index contributed by atoms with van der Waals surface area (Å²) in [7, 11) is 0. The van der Waals surface area contributed by atoms with Crippen molar-refractivity contribution in [3.05, 3.63) is 53.1 Å². The third-order valence-corrected chi connectivity index (χ3v) is 3.99. The van der Waals surface area contributed by atoms with Crippen molar-refractivity contribution in [1.82, 2.24) is 0 Å². The number of anilines is 2. The van der Waals surface area contributed by atoms with E-state index in [0.29, 0.717) is 11.4 Å². The number of ketones is 1. The van der Waals surface area contributed by atoms with Gasteiger partial charge in [0.25, 0.3) is 0 Å². The zero-order chi connectivity index (χ0) is 22.3. The topological polar surface area (TPSA) is 111 Å². The molecule has 8 nitrogen and oxygen atoms in total. The van der Waals surface area contributed by atoms with E-state index in [2.05, 4.69) is 10.6 Å². The van der Waals surface area contributed by atoms with E-state index in [4.69, 9.17) is 9.47 Å². The molecule has 8 heteroatoms. The number of nitrogens with one attached hydrogen (secondary N) is 2. The summed E-state index contributed by atoms with van der Waals surface area (Å²) in [5.74, 6) is -1.32. The summed E-state index contributed by atoms with van der Waals surface area (Å²) in [6.45, 7) is 5.61. The van der Waals surface area contributed by atoms with Crippen LogP contribution in [0.5, 0.6) is 5.75 Å². The number of carbonyl (C=O) groups is 4. The highest BCUT2D eigenvalue weighted by Crippen LogP contribution is 2.22. The van der Waals surface area contributed by atoms with E-state index >= 15 is 0 Å². The monoisotopic (exact) mass is 412 g/mol. The molecule has 158 valence electrons. The molecule has 0 spiro atoms. The quantitative estimate of drug-likeness (QED) is 0.509. The first-order valence-electron chi connectivity index (χ1n) is 9.24. The number of esters is 1. The van der Waals surface area contributed by atoms with Gasteiger partial charge in [-0.1, -0.05) is 17.7 Å². The number of aryl methyl sites for hydroxylation is 2. The van der Waals surface area contributed by atoms with Crippen LogP contribution in [0.3, 0.4) is 0 Å². The van der Waals surface area contributed by atoms with Gasteiger partial charge in [-0.3, -0.25) is 14.4 Å². The summed E-state index contributed by atoms with van der Waals surface area (Å²) in [6, 6.07) is 9.98. The SMILES string of the molecule is CC(=O)Nc1ccc(C(=O)COC(=O)COc2ccc(C)cc2C)c(NC(C)=O)c1.